The Morgan fingerprint density at radius 1 is 1.06 bits per heavy atom. The molecule has 8 heteroatoms. The average molecular weight is 292 g/mol. The van der Waals surface area contributed by atoms with Crippen molar-refractivity contribution in [3.63, 3.8) is 0 Å². The van der Waals surface area contributed by atoms with Crippen molar-refractivity contribution in [2.24, 2.45) is 0 Å². The summed E-state index contributed by atoms with van der Waals surface area (Å²) >= 11 is 0. The Morgan fingerprint density at radius 3 is 1.83 bits per heavy atom. The summed E-state index contributed by atoms with van der Waals surface area (Å²) in [6, 6.07) is 6.61. The van der Waals surface area contributed by atoms with Crippen molar-refractivity contribution >= 4 is 25.2 Å². The van der Waals surface area contributed by atoms with Crippen LogP contribution in [0.15, 0.2) is 24.3 Å². The summed E-state index contributed by atoms with van der Waals surface area (Å²) in [6.45, 7) is 6.13. The third-order valence-corrected chi connectivity index (χ3v) is 2.97. The summed E-state index contributed by atoms with van der Waals surface area (Å²) in [6.07, 6.45) is 0. The molecule has 102 valence electrons. The van der Waals surface area contributed by atoms with Gasteiger partial charge in [-0.15, -0.1) is 9.35 Å². The maximum atomic E-state index is 11.2. The van der Waals surface area contributed by atoms with Crippen molar-refractivity contribution < 1.29 is 29.0 Å². The number of phosphoric acid groups is 1. The number of rotatable bonds is 4. The van der Waals surface area contributed by atoms with E-state index in [2.05, 4.69) is 13.9 Å². The molecule has 0 heterocycles. The van der Waals surface area contributed by atoms with Gasteiger partial charge in [-0.3, -0.25) is 0 Å². The molecule has 0 radical (unpaired) electrons. The highest BCUT2D eigenvalue weighted by Gasteiger charge is 2.29. The van der Waals surface area contributed by atoms with E-state index in [0.717, 1.165) is 5.56 Å². The molecule has 0 amide bonds. The molecule has 0 saturated heterocycles. The molecule has 1 aromatic rings. The first-order chi connectivity index (χ1) is 7.80. The van der Waals surface area contributed by atoms with E-state index in [1.54, 1.807) is 12.1 Å². The zero-order chi connectivity index (χ0) is 13.1. The van der Waals surface area contributed by atoms with Crippen molar-refractivity contribution in [2.45, 2.75) is 26.2 Å². The van der Waals surface area contributed by atoms with Crippen LogP contribution >= 0.6 is 7.82 Å². The monoisotopic (exact) mass is 292 g/mol. The summed E-state index contributed by atoms with van der Waals surface area (Å²) in [5.74, 6) is 0.143. The van der Waals surface area contributed by atoms with Crippen LogP contribution in [-0.4, -0.2) is 27.9 Å². The summed E-state index contributed by atoms with van der Waals surface area (Å²) in [5, 5.41) is 16.5. The van der Waals surface area contributed by atoms with Crippen LogP contribution in [0.1, 0.15) is 26.3 Å². The van der Waals surface area contributed by atoms with Gasteiger partial charge in [0.05, 0.1) is 0 Å². The molecular formula is C10H18AlO6P. The lowest BCUT2D eigenvalue weighted by Gasteiger charge is -2.19. The standard InChI is InChI=1S/C10H15O6P.Al.3H/c1-10(2,3)8-4-6-9(7-5-8)14-17(13,15-11)16-12;;;;/h4-7,11-12H,1-3H3;;;;. The highest BCUT2D eigenvalue weighted by Crippen LogP contribution is 2.47. The first kappa shape index (κ1) is 17.6. The van der Waals surface area contributed by atoms with Gasteiger partial charge in [0, 0.05) is 0 Å². The van der Waals surface area contributed by atoms with Gasteiger partial charge in [-0.05, 0) is 23.1 Å². The lowest BCUT2D eigenvalue weighted by atomic mass is 9.87. The zero-order valence-corrected chi connectivity index (χ0v) is 10.7. The highest BCUT2D eigenvalue weighted by molar-refractivity contribution is 7.48. The fraction of sp³-hybridized carbons (Fsp3) is 0.400. The molecule has 6 nitrogen and oxygen atoms in total. The molecule has 18 heavy (non-hydrogen) atoms. The smallest absolute Gasteiger partial charge is 0.401 e. The van der Waals surface area contributed by atoms with E-state index in [9.17, 15) is 4.57 Å². The molecule has 0 atom stereocenters. The largest absolute Gasteiger partial charge is 0.585 e. The minimum atomic E-state index is -4.35. The van der Waals surface area contributed by atoms with Gasteiger partial charge in [0.2, 0.25) is 0 Å². The molecule has 0 bridgehead atoms. The number of hydrogen-bond donors (Lipinski definition) is 2. The van der Waals surface area contributed by atoms with Crippen molar-refractivity contribution in [3.8, 4) is 5.75 Å². The summed E-state index contributed by atoms with van der Waals surface area (Å²) in [4.78, 5) is 0. The van der Waals surface area contributed by atoms with Crippen LogP contribution in [0.25, 0.3) is 0 Å². The maximum absolute atomic E-state index is 11.2. The van der Waals surface area contributed by atoms with E-state index in [1.165, 1.54) is 12.1 Å². The van der Waals surface area contributed by atoms with Gasteiger partial charge >= 0.3 is 7.82 Å². The van der Waals surface area contributed by atoms with Crippen LogP contribution in [-0.2, 0) is 19.3 Å². The van der Waals surface area contributed by atoms with E-state index in [0.29, 0.717) is 0 Å². The van der Waals surface area contributed by atoms with Crippen LogP contribution in [0.4, 0.5) is 0 Å². The van der Waals surface area contributed by atoms with E-state index in [1.807, 2.05) is 20.8 Å². The summed E-state index contributed by atoms with van der Waals surface area (Å²) in [5.41, 5.74) is 1.03. The molecular weight excluding hydrogens is 274 g/mol. The fourth-order valence-electron chi connectivity index (χ4n) is 1.19. The molecule has 0 aliphatic heterocycles. The Morgan fingerprint density at radius 2 is 1.50 bits per heavy atom. The molecule has 0 spiro atoms. The zero-order valence-electron chi connectivity index (χ0n) is 9.78. The molecule has 0 saturated carbocycles. The average Bonchev–Trinajstić information content (AvgIpc) is 2.28. The van der Waals surface area contributed by atoms with Gasteiger partial charge in [0.1, 0.15) is 5.75 Å². The second-order valence-electron chi connectivity index (χ2n) is 4.48. The van der Waals surface area contributed by atoms with Crippen molar-refractivity contribution in [2.75, 3.05) is 0 Å². The second-order valence-corrected chi connectivity index (χ2v) is 5.88. The third kappa shape index (κ3) is 4.71. The number of hydrogen-bond acceptors (Lipinski definition) is 6. The fourth-order valence-corrected chi connectivity index (χ4v) is 1.67. The lowest BCUT2D eigenvalue weighted by molar-refractivity contribution is -0.221. The first-order valence-electron chi connectivity index (χ1n) is 4.87. The van der Waals surface area contributed by atoms with Crippen molar-refractivity contribution in [3.05, 3.63) is 29.8 Å². The van der Waals surface area contributed by atoms with Gasteiger partial charge in [-0.25, -0.2) is 15.1 Å². The quantitative estimate of drug-likeness (QED) is 0.383. The molecule has 0 aromatic heterocycles. The van der Waals surface area contributed by atoms with E-state index >= 15 is 0 Å². The second kappa shape index (κ2) is 6.69. The van der Waals surface area contributed by atoms with E-state index in [-0.39, 0.29) is 28.5 Å². The summed E-state index contributed by atoms with van der Waals surface area (Å²) in [7, 11) is -4.35. The normalized spacial score (nSPS) is 11.8. The molecule has 1 rings (SSSR count). The highest BCUT2D eigenvalue weighted by atomic mass is 31.2. The summed E-state index contributed by atoms with van der Waals surface area (Å²) < 4.78 is 22.8. The van der Waals surface area contributed by atoms with Crippen molar-refractivity contribution in [1.82, 2.24) is 0 Å². The van der Waals surface area contributed by atoms with Crippen molar-refractivity contribution in [1.29, 1.82) is 0 Å². The minimum absolute atomic E-state index is 0. The topological polar surface area (TPSA) is 85.2 Å². The molecule has 2 N–H and O–H groups in total. The van der Waals surface area contributed by atoms with Crippen LogP contribution in [0, 0.1) is 0 Å². The number of benzene rings is 1. The van der Waals surface area contributed by atoms with Gasteiger partial charge in [-0.1, -0.05) is 32.9 Å². The lowest BCUT2D eigenvalue weighted by Crippen LogP contribution is -2.10. The minimum Gasteiger partial charge on any atom is -0.401 e. The van der Waals surface area contributed by atoms with E-state index in [4.69, 9.17) is 10.5 Å². The molecule has 0 aliphatic carbocycles. The Kier molecular flexibility index (Phi) is 6.55. The van der Waals surface area contributed by atoms with Gasteiger partial charge in [0.25, 0.3) is 0 Å². The predicted molar refractivity (Wildman–Crippen MR) is 70.7 cm³/mol. The van der Waals surface area contributed by atoms with Gasteiger partial charge in [0.15, 0.2) is 17.4 Å². The Labute approximate surface area is 116 Å². The van der Waals surface area contributed by atoms with Gasteiger partial charge < -0.3 is 4.52 Å². The maximum Gasteiger partial charge on any atom is 0.585 e. The van der Waals surface area contributed by atoms with Crippen LogP contribution < -0.4 is 4.52 Å². The Hall–Kier alpha value is -0.378. The Balaban J connectivity index is 0.00000289. The third-order valence-electron chi connectivity index (χ3n) is 2.14. The van der Waals surface area contributed by atoms with E-state index < -0.39 is 7.82 Å². The molecule has 0 unspecified atom stereocenters. The van der Waals surface area contributed by atoms with Crippen LogP contribution in [0.5, 0.6) is 5.75 Å². The van der Waals surface area contributed by atoms with Gasteiger partial charge in [-0.2, -0.15) is 0 Å². The van der Waals surface area contributed by atoms with Crippen LogP contribution in [0.3, 0.4) is 0 Å². The molecule has 0 aliphatic rings. The molecule has 1 aromatic carbocycles. The Bertz CT molecular complexity index is 405. The SMILES string of the molecule is CC(C)(C)c1ccc(OP(=O)(OO)OO)cc1.[AlH3]. The predicted octanol–water partition coefficient (Wildman–Crippen LogP) is 2.27. The van der Waals surface area contributed by atoms with Crippen LogP contribution in [0.2, 0.25) is 0 Å². The first-order valence-corrected chi connectivity index (χ1v) is 6.33. The molecule has 0 fully saturated rings.